The normalized spacial score (nSPS) is 15.9. The molecule has 7 nitrogen and oxygen atoms in total. The van der Waals surface area contributed by atoms with Gasteiger partial charge in [0.1, 0.15) is 0 Å². The Balaban J connectivity index is 1.46. The Labute approximate surface area is 188 Å². The summed E-state index contributed by atoms with van der Waals surface area (Å²) in [5.74, 6) is -0.343. The van der Waals surface area contributed by atoms with Gasteiger partial charge >= 0.3 is 0 Å². The number of aromatic nitrogens is 1. The van der Waals surface area contributed by atoms with E-state index in [4.69, 9.17) is 0 Å². The molecule has 3 aromatic rings. The van der Waals surface area contributed by atoms with E-state index in [9.17, 15) is 13.2 Å². The van der Waals surface area contributed by atoms with Crippen LogP contribution in [0.3, 0.4) is 0 Å². The van der Waals surface area contributed by atoms with Crippen molar-refractivity contribution in [3.8, 4) is 0 Å². The molecule has 8 heteroatoms. The number of para-hydroxylation sites is 1. The first-order chi connectivity index (χ1) is 15.5. The van der Waals surface area contributed by atoms with Crippen LogP contribution in [0, 0.1) is 0 Å². The Morgan fingerprint density at radius 2 is 1.81 bits per heavy atom. The number of amides is 1. The minimum atomic E-state index is -3.60. The smallest absolute Gasteiger partial charge is 0.248 e. The number of likely N-dealkylation sites (N-methyl/N-ethyl adjacent to an activating group) is 1. The molecule has 1 aromatic heterocycles. The van der Waals surface area contributed by atoms with Gasteiger partial charge in [0.2, 0.25) is 15.9 Å². The number of rotatable bonds is 6. The second-order valence-electron chi connectivity index (χ2n) is 7.61. The van der Waals surface area contributed by atoms with E-state index in [1.54, 1.807) is 30.5 Å². The van der Waals surface area contributed by atoms with Gasteiger partial charge in [-0.3, -0.25) is 9.78 Å². The third-order valence-corrected chi connectivity index (χ3v) is 7.49. The number of benzene rings is 2. The van der Waals surface area contributed by atoms with Crippen molar-refractivity contribution < 1.29 is 13.2 Å². The number of piperazine rings is 1. The van der Waals surface area contributed by atoms with Crippen molar-refractivity contribution in [2.45, 2.75) is 11.8 Å². The molecule has 1 saturated heterocycles. The molecule has 1 amide bonds. The summed E-state index contributed by atoms with van der Waals surface area (Å²) in [6.45, 7) is 5.36. The summed E-state index contributed by atoms with van der Waals surface area (Å²) >= 11 is 0. The number of anilines is 1. The number of pyridine rings is 1. The van der Waals surface area contributed by atoms with E-state index in [0.29, 0.717) is 18.8 Å². The number of nitrogens with zero attached hydrogens (tertiary/aromatic N) is 3. The third kappa shape index (κ3) is 4.88. The van der Waals surface area contributed by atoms with E-state index in [0.717, 1.165) is 36.1 Å². The first kappa shape index (κ1) is 22.1. The summed E-state index contributed by atoms with van der Waals surface area (Å²) in [5, 5.41) is 3.75. The van der Waals surface area contributed by atoms with Gasteiger partial charge in [0, 0.05) is 55.1 Å². The predicted molar refractivity (Wildman–Crippen MR) is 127 cm³/mol. The lowest BCUT2D eigenvalue weighted by atomic mass is 10.1. The van der Waals surface area contributed by atoms with E-state index >= 15 is 0 Å². The quantitative estimate of drug-likeness (QED) is 0.583. The number of sulfonamides is 1. The van der Waals surface area contributed by atoms with Crippen LogP contribution in [0.5, 0.6) is 0 Å². The highest BCUT2D eigenvalue weighted by Gasteiger charge is 2.28. The van der Waals surface area contributed by atoms with Crippen LogP contribution in [0.4, 0.5) is 5.69 Å². The van der Waals surface area contributed by atoms with Crippen molar-refractivity contribution in [3.63, 3.8) is 0 Å². The summed E-state index contributed by atoms with van der Waals surface area (Å²) in [7, 11) is -3.60. The third-order valence-electron chi connectivity index (χ3n) is 5.60. The Bertz CT molecular complexity index is 1240. The Hall–Kier alpha value is -3.07. The highest BCUT2D eigenvalue weighted by Crippen LogP contribution is 2.21. The highest BCUT2D eigenvalue weighted by molar-refractivity contribution is 7.89. The van der Waals surface area contributed by atoms with Gasteiger partial charge < -0.3 is 10.2 Å². The fourth-order valence-electron chi connectivity index (χ4n) is 3.78. The molecule has 2 aromatic carbocycles. The van der Waals surface area contributed by atoms with Gasteiger partial charge in [-0.05, 0) is 36.9 Å². The van der Waals surface area contributed by atoms with Crippen molar-refractivity contribution in [3.05, 3.63) is 72.4 Å². The highest BCUT2D eigenvalue weighted by atomic mass is 32.2. The molecule has 32 heavy (non-hydrogen) atoms. The minimum Gasteiger partial charge on any atom is -0.322 e. The SMILES string of the molecule is CCN1CCN(S(=O)(=O)c2cccc(NC(=O)/C=C/c3cccc4cccnc34)c2)CC1. The van der Waals surface area contributed by atoms with Gasteiger partial charge in [-0.1, -0.05) is 37.3 Å². The molecular weight excluding hydrogens is 424 g/mol. The fraction of sp³-hybridized carbons (Fsp3) is 0.250. The molecule has 0 aliphatic carbocycles. The topological polar surface area (TPSA) is 82.6 Å². The average molecular weight is 451 g/mol. The van der Waals surface area contributed by atoms with Gasteiger partial charge in [0.15, 0.2) is 0 Å². The minimum absolute atomic E-state index is 0.183. The van der Waals surface area contributed by atoms with Gasteiger partial charge in [-0.2, -0.15) is 4.31 Å². The maximum absolute atomic E-state index is 13.0. The summed E-state index contributed by atoms with van der Waals surface area (Å²) < 4.78 is 27.6. The standard InChI is InChI=1S/C24H26N4O3S/c1-2-27-14-16-28(17-15-27)32(30,31)22-10-4-9-21(18-22)26-23(29)12-11-20-7-3-6-19-8-5-13-25-24(19)20/h3-13,18H,2,14-17H2,1H3,(H,26,29)/b12-11+. The summed E-state index contributed by atoms with van der Waals surface area (Å²) in [6, 6.07) is 16.0. The predicted octanol–water partition coefficient (Wildman–Crippen LogP) is 3.21. The largest absolute Gasteiger partial charge is 0.322 e. The van der Waals surface area contributed by atoms with Crippen molar-refractivity contribution in [2.75, 3.05) is 38.0 Å². The van der Waals surface area contributed by atoms with Crippen LogP contribution in [-0.2, 0) is 14.8 Å². The molecule has 0 spiro atoms. The molecule has 0 atom stereocenters. The lowest BCUT2D eigenvalue weighted by molar-refractivity contribution is -0.111. The summed E-state index contributed by atoms with van der Waals surface area (Å²) in [6.07, 6.45) is 4.85. The van der Waals surface area contributed by atoms with Gasteiger partial charge in [-0.25, -0.2) is 8.42 Å². The van der Waals surface area contributed by atoms with Crippen LogP contribution in [0.2, 0.25) is 0 Å². The molecule has 1 N–H and O–H groups in total. The van der Waals surface area contributed by atoms with Crippen molar-refractivity contribution in [1.29, 1.82) is 0 Å². The van der Waals surface area contributed by atoms with E-state index in [1.807, 2.05) is 30.3 Å². The molecule has 0 saturated carbocycles. The van der Waals surface area contributed by atoms with Crippen LogP contribution in [0.15, 0.2) is 71.8 Å². The van der Waals surface area contributed by atoms with Gasteiger partial charge in [0.25, 0.3) is 0 Å². The molecule has 0 unspecified atom stereocenters. The molecule has 1 aliphatic rings. The van der Waals surface area contributed by atoms with E-state index in [-0.39, 0.29) is 10.8 Å². The zero-order valence-corrected chi connectivity index (χ0v) is 18.8. The lowest BCUT2D eigenvalue weighted by Crippen LogP contribution is -2.48. The van der Waals surface area contributed by atoms with E-state index < -0.39 is 10.0 Å². The van der Waals surface area contributed by atoms with Crippen LogP contribution in [0.25, 0.3) is 17.0 Å². The fourth-order valence-corrected chi connectivity index (χ4v) is 5.25. The zero-order chi connectivity index (χ0) is 22.6. The van der Waals surface area contributed by atoms with Crippen LogP contribution in [-0.4, -0.2) is 61.2 Å². The Kier molecular flexibility index (Phi) is 6.64. The van der Waals surface area contributed by atoms with E-state index in [1.165, 1.54) is 16.4 Å². The second-order valence-corrected chi connectivity index (χ2v) is 9.55. The Morgan fingerprint density at radius 1 is 1.06 bits per heavy atom. The summed E-state index contributed by atoms with van der Waals surface area (Å²) in [5.41, 5.74) is 2.08. The van der Waals surface area contributed by atoms with Crippen molar-refractivity contribution >= 4 is 38.6 Å². The molecular formula is C24H26N4O3S. The molecule has 166 valence electrons. The number of fused-ring (bicyclic) bond motifs is 1. The molecule has 1 fully saturated rings. The van der Waals surface area contributed by atoms with Crippen LogP contribution >= 0.6 is 0 Å². The zero-order valence-electron chi connectivity index (χ0n) is 17.9. The molecule has 0 bridgehead atoms. The maximum atomic E-state index is 13.0. The Morgan fingerprint density at radius 3 is 2.59 bits per heavy atom. The average Bonchev–Trinajstić information content (AvgIpc) is 2.83. The molecule has 0 radical (unpaired) electrons. The number of carbonyl (C=O) groups is 1. The maximum Gasteiger partial charge on any atom is 0.248 e. The van der Waals surface area contributed by atoms with Gasteiger partial charge in [0.05, 0.1) is 10.4 Å². The number of nitrogens with one attached hydrogen (secondary N) is 1. The van der Waals surface area contributed by atoms with Crippen molar-refractivity contribution in [2.24, 2.45) is 0 Å². The first-order valence-electron chi connectivity index (χ1n) is 10.6. The molecule has 2 heterocycles. The van der Waals surface area contributed by atoms with Crippen LogP contribution in [0.1, 0.15) is 12.5 Å². The van der Waals surface area contributed by atoms with Crippen molar-refractivity contribution in [1.82, 2.24) is 14.2 Å². The van der Waals surface area contributed by atoms with Gasteiger partial charge in [-0.15, -0.1) is 0 Å². The summed E-state index contributed by atoms with van der Waals surface area (Å²) in [4.78, 5) is 19.3. The lowest BCUT2D eigenvalue weighted by Gasteiger charge is -2.33. The number of carbonyl (C=O) groups excluding carboxylic acids is 1. The number of hydrogen-bond acceptors (Lipinski definition) is 5. The first-order valence-corrected chi connectivity index (χ1v) is 12.1. The van der Waals surface area contributed by atoms with Crippen LogP contribution < -0.4 is 5.32 Å². The number of hydrogen-bond donors (Lipinski definition) is 1. The van der Waals surface area contributed by atoms with E-state index in [2.05, 4.69) is 22.1 Å². The molecule has 4 rings (SSSR count). The monoisotopic (exact) mass is 450 g/mol. The second kappa shape index (κ2) is 9.60. The molecule has 1 aliphatic heterocycles.